The molecule has 0 amide bonds. The number of ether oxygens (including phenoxy) is 2. The molecule has 1 heterocycles. The van der Waals surface area contributed by atoms with Crippen LogP contribution in [-0.2, 0) is 0 Å². The van der Waals surface area contributed by atoms with Gasteiger partial charge in [-0.25, -0.2) is 0 Å². The number of fused-ring (bicyclic) bond motifs is 1. The minimum absolute atomic E-state index is 0.319. The summed E-state index contributed by atoms with van der Waals surface area (Å²) in [5, 5.41) is 12.1. The molecule has 4 nitrogen and oxygen atoms in total. The maximum atomic E-state index is 8.88. The minimum Gasteiger partial charge on any atom is -0.490 e. The van der Waals surface area contributed by atoms with Crippen LogP contribution in [0.25, 0.3) is 0 Å². The highest BCUT2D eigenvalue weighted by atomic mass is 16.5. The molecule has 1 aliphatic carbocycles. The molecule has 0 saturated heterocycles. The molecule has 0 aromatic heterocycles. The molecular weight excluding hydrogens is 254 g/mol. The fourth-order valence-corrected chi connectivity index (χ4v) is 3.15. The highest BCUT2D eigenvalue weighted by Crippen LogP contribution is 2.33. The van der Waals surface area contributed by atoms with Gasteiger partial charge in [-0.3, -0.25) is 0 Å². The summed E-state index contributed by atoms with van der Waals surface area (Å²) < 4.78 is 11.6. The molecule has 4 heteroatoms. The van der Waals surface area contributed by atoms with Crippen molar-refractivity contribution in [2.75, 3.05) is 6.61 Å². The molecule has 0 bridgehead atoms. The van der Waals surface area contributed by atoms with E-state index in [1.54, 1.807) is 0 Å². The van der Waals surface area contributed by atoms with E-state index in [9.17, 15) is 0 Å². The fourth-order valence-electron chi connectivity index (χ4n) is 3.15. The quantitative estimate of drug-likeness (QED) is 0.677. The zero-order chi connectivity index (χ0) is 13.9. The number of rotatable bonds is 3. The lowest BCUT2D eigenvalue weighted by molar-refractivity contribution is 0.122. The zero-order valence-electron chi connectivity index (χ0n) is 11.8. The molecule has 2 unspecified atom stereocenters. The third-order valence-electron chi connectivity index (χ3n) is 4.36. The van der Waals surface area contributed by atoms with E-state index in [0.717, 1.165) is 35.8 Å². The molecule has 1 aromatic rings. The Balaban J connectivity index is 1.70. The van der Waals surface area contributed by atoms with E-state index in [4.69, 9.17) is 14.7 Å². The maximum absolute atomic E-state index is 8.88. The van der Waals surface area contributed by atoms with Gasteiger partial charge < -0.3 is 14.7 Å². The molecule has 1 aromatic carbocycles. The largest absolute Gasteiger partial charge is 0.490 e. The van der Waals surface area contributed by atoms with Crippen molar-refractivity contribution in [3.05, 3.63) is 23.8 Å². The first-order valence-corrected chi connectivity index (χ1v) is 7.45. The van der Waals surface area contributed by atoms with E-state index < -0.39 is 0 Å². The summed E-state index contributed by atoms with van der Waals surface area (Å²) >= 11 is 0. The lowest BCUT2D eigenvalue weighted by atomic mass is 9.85. The number of hydrogen-bond donors (Lipinski definition) is 1. The first-order valence-electron chi connectivity index (χ1n) is 7.45. The monoisotopic (exact) mass is 275 g/mol. The summed E-state index contributed by atoms with van der Waals surface area (Å²) in [6.07, 6.45) is 6.43. The first-order chi connectivity index (χ1) is 9.80. The van der Waals surface area contributed by atoms with E-state index in [2.05, 4.69) is 12.1 Å². The van der Waals surface area contributed by atoms with Gasteiger partial charge in [-0.05, 0) is 37.3 Å². The van der Waals surface area contributed by atoms with Crippen LogP contribution in [0.3, 0.4) is 0 Å². The van der Waals surface area contributed by atoms with E-state index in [1.165, 1.54) is 19.3 Å². The summed E-state index contributed by atoms with van der Waals surface area (Å²) in [5.74, 6) is 2.40. The Hall–Kier alpha value is -1.71. The van der Waals surface area contributed by atoms with E-state index in [1.807, 2.05) is 18.2 Å². The molecule has 0 spiro atoms. The van der Waals surface area contributed by atoms with Gasteiger partial charge in [-0.1, -0.05) is 24.9 Å². The van der Waals surface area contributed by atoms with Gasteiger partial charge in [-0.2, -0.15) is 0 Å². The molecule has 0 radical (unpaired) electrons. The van der Waals surface area contributed by atoms with Crippen LogP contribution in [0.1, 0.15) is 44.6 Å². The van der Waals surface area contributed by atoms with Gasteiger partial charge in [-0.15, -0.1) is 0 Å². The lowest BCUT2D eigenvalue weighted by Crippen LogP contribution is -2.25. The molecule has 108 valence electrons. The van der Waals surface area contributed by atoms with Gasteiger partial charge in [0.15, 0.2) is 0 Å². The minimum atomic E-state index is 0.319. The van der Waals surface area contributed by atoms with Crippen LogP contribution in [0.5, 0.6) is 11.5 Å². The van der Waals surface area contributed by atoms with Crippen LogP contribution in [0.2, 0.25) is 0 Å². The summed E-state index contributed by atoms with van der Waals surface area (Å²) in [6.45, 7) is 2.59. The van der Waals surface area contributed by atoms with Crippen molar-refractivity contribution in [2.45, 2.75) is 45.1 Å². The fraction of sp³-hybridized carbons (Fsp3) is 0.562. The second kappa shape index (κ2) is 5.73. The first kappa shape index (κ1) is 13.3. The van der Waals surface area contributed by atoms with E-state index in [0.29, 0.717) is 18.4 Å². The summed E-state index contributed by atoms with van der Waals surface area (Å²) in [5.41, 5.74) is 1.44. The van der Waals surface area contributed by atoms with Gasteiger partial charge >= 0.3 is 0 Å². The van der Waals surface area contributed by atoms with Crippen molar-refractivity contribution < 1.29 is 14.7 Å². The number of benzene rings is 1. The van der Waals surface area contributed by atoms with Crippen LogP contribution in [0.15, 0.2) is 23.4 Å². The third kappa shape index (κ3) is 2.60. The van der Waals surface area contributed by atoms with Gasteiger partial charge in [0.25, 0.3) is 0 Å². The Kier molecular flexibility index (Phi) is 3.81. The second-order valence-corrected chi connectivity index (χ2v) is 5.67. The maximum Gasteiger partial charge on any atom is 0.134 e. The standard InChI is InChI=1S/C16H21NO3/c1-2-11-4-3-5-12(8-11)20-13-6-7-14-15(17-18)10-19-16(14)9-13/h6-7,9,11-12,18H,2-5,8,10H2,1H3. The van der Waals surface area contributed by atoms with Crippen LogP contribution in [0.4, 0.5) is 0 Å². The van der Waals surface area contributed by atoms with Crippen LogP contribution >= 0.6 is 0 Å². The predicted octanol–water partition coefficient (Wildman–Crippen LogP) is 3.60. The van der Waals surface area contributed by atoms with E-state index in [-0.39, 0.29) is 0 Å². The Morgan fingerprint density at radius 2 is 2.30 bits per heavy atom. The van der Waals surface area contributed by atoms with Crippen molar-refractivity contribution in [3.63, 3.8) is 0 Å². The topological polar surface area (TPSA) is 51.0 Å². The van der Waals surface area contributed by atoms with Crippen LogP contribution in [0, 0.1) is 5.92 Å². The summed E-state index contributed by atoms with van der Waals surface area (Å²) in [6, 6.07) is 5.75. The van der Waals surface area contributed by atoms with Crippen molar-refractivity contribution >= 4 is 5.71 Å². The van der Waals surface area contributed by atoms with Crippen LogP contribution in [-0.4, -0.2) is 23.6 Å². The van der Waals surface area contributed by atoms with Crippen molar-refractivity contribution in [1.82, 2.24) is 0 Å². The average molecular weight is 275 g/mol. The average Bonchev–Trinajstić information content (AvgIpc) is 2.89. The van der Waals surface area contributed by atoms with Gasteiger partial charge in [0, 0.05) is 11.6 Å². The SMILES string of the molecule is CCC1CCCC(Oc2ccc3c(c2)OCC3=NO)C1. The van der Waals surface area contributed by atoms with E-state index >= 15 is 0 Å². The van der Waals surface area contributed by atoms with Crippen LogP contribution < -0.4 is 9.47 Å². The molecule has 20 heavy (non-hydrogen) atoms. The molecular formula is C16H21NO3. The highest BCUT2D eigenvalue weighted by Gasteiger charge is 2.24. The third-order valence-corrected chi connectivity index (χ3v) is 4.36. The smallest absolute Gasteiger partial charge is 0.134 e. The Morgan fingerprint density at radius 3 is 3.10 bits per heavy atom. The molecule has 1 aliphatic heterocycles. The summed E-state index contributed by atoms with van der Waals surface area (Å²) in [7, 11) is 0. The molecule has 2 aliphatic rings. The molecule has 1 saturated carbocycles. The molecule has 2 atom stereocenters. The Morgan fingerprint density at radius 1 is 1.40 bits per heavy atom. The lowest BCUT2D eigenvalue weighted by Gasteiger charge is -2.29. The number of oxime groups is 1. The van der Waals surface area contributed by atoms with Gasteiger partial charge in [0.2, 0.25) is 0 Å². The van der Waals surface area contributed by atoms with Crippen molar-refractivity contribution in [1.29, 1.82) is 0 Å². The molecule has 1 fully saturated rings. The Bertz CT molecular complexity index is 512. The predicted molar refractivity (Wildman–Crippen MR) is 76.9 cm³/mol. The van der Waals surface area contributed by atoms with Gasteiger partial charge in [0.1, 0.15) is 23.8 Å². The highest BCUT2D eigenvalue weighted by molar-refractivity contribution is 6.05. The number of nitrogens with zero attached hydrogens (tertiary/aromatic N) is 1. The number of hydrogen-bond acceptors (Lipinski definition) is 4. The van der Waals surface area contributed by atoms with Gasteiger partial charge in [0.05, 0.1) is 6.10 Å². The summed E-state index contributed by atoms with van der Waals surface area (Å²) in [4.78, 5) is 0. The Labute approximate surface area is 119 Å². The van der Waals surface area contributed by atoms with Crippen molar-refractivity contribution in [2.24, 2.45) is 11.1 Å². The second-order valence-electron chi connectivity index (χ2n) is 5.67. The zero-order valence-corrected chi connectivity index (χ0v) is 11.8. The molecule has 3 rings (SSSR count). The normalized spacial score (nSPS) is 27.1. The molecule has 1 N–H and O–H groups in total. The van der Waals surface area contributed by atoms with Crippen molar-refractivity contribution in [3.8, 4) is 11.5 Å².